The Morgan fingerprint density at radius 2 is 0.754 bits per heavy atom. The van der Waals surface area contributed by atoms with Crippen molar-refractivity contribution in [2.24, 2.45) is 0 Å². The zero-order chi connectivity index (χ0) is 43.5. The minimum atomic E-state index is -0.498. The zero-order valence-electron chi connectivity index (χ0n) is 36.6. The van der Waals surface area contributed by atoms with Gasteiger partial charge in [0.25, 0.3) is 0 Å². The second-order valence-electron chi connectivity index (χ2n) is 17.9. The van der Waals surface area contributed by atoms with Gasteiger partial charge in [-0.3, -0.25) is 0 Å². The fraction of sp³-hybridized carbons (Fsp3) is 0.0625. The molecule has 0 aromatic heterocycles. The van der Waals surface area contributed by atoms with Gasteiger partial charge < -0.3 is 4.90 Å². The molecule has 0 radical (unpaired) electrons. The lowest BCUT2D eigenvalue weighted by atomic mass is 9.68. The minimum absolute atomic E-state index is 0.265. The van der Waals surface area contributed by atoms with Crippen molar-refractivity contribution in [1.82, 2.24) is 0 Å². The Kier molecular flexibility index (Phi) is 9.14. The van der Waals surface area contributed by atoms with Crippen LogP contribution in [0.25, 0.3) is 55.6 Å². The van der Waals surface area contributed by atoms with Crippen LogP contribution in [-0.4, -0.2) is 0 Å². The smallest absolute Gasteiger partial charge is 0.0713 e. The van der Waals surface area contributed by atoms with Crippen molar-refractivity contribution in [3.63, 3.8) is 0 Å². The summed E-state index contributed by atoms with van der Waals surface area (Å²) in [5.74, 6) is 0. The fourth-order valence-electron chi connectivity index (χ4n) is 11.4. The highest BCUT2D eigenvalue weighted by molar-refractivity contribution is 6.03. The summed E-state index contributed by atoms with van der Waals surface area (Å²) in [5.41, 5.74) is 22.7. The summed E-state index contributed by atoms with van der Waals surface area (Å²) in [6, 6.07) is 92.1. The van der Waals surface area contributed by atoms with E-state index >= 15 is 0 Å². The molecule has 0 amide bonds. The van der Waals surface area contributed by atoms with Crippen LogP contribution in [0, 0.1) is 0 Å². The van der Waals surface area contributed by atoms with Gasteiger partial charge >= 0.3 is 0 Å². The molecule has 1 nitrogen and oxygen atoms in total. The summed E-state index contributed by atoms with van der Waals surface area (Å²) in [5, 5.41) is 0. The van der Waals surface area contributed by atoms with E-state index in [9.17, 15) is 0 Å². The Balaban J connectivity index is 1.19. The van der Waals surface area contributed by atoms with E-state index in [4.69, 9.17) is 0 Å². The molecule has 65 heavy (non-hydrogen) atoms. The summed E-state index contributed by atoms with van der Waals surface area (Å²) >= 11 is 0. The van der Waals surface area contributed by atoms with Gasteiger partial charge in [0.05, 0.1) is 16.8 Å². The van der Waals surface area contributed by atoms with Crippen LogP contribution in [0.1, 0.15) is 47.2 Å². The molecule has 0 heterocycles. The lowest BCUT2D eigenvalue weighted by Gasteiger charge is -2.35. The molecule has 0 atom stereocenters. The number of benzene rings is 10. The van der Waals surface area contributed by atoms with Gasteiger partial charge in [0.15, 0.2) is 0 Å². The van der Waals surface area contributed by atoms with Crippen molar-refractivity contribution in [2.75, 3.05) is 4.90 Å². The van der Waals surface area contributed by atoms with Crippen molar-refractivity contribution >= 4 is 17.1 Å². The highest BCUT2D eigenvalue weighted by Gasteiger charge is 2.46. The average Bonchev–Trinajstić information content (AvgIpc) is 3.81. The highest BCUT2D eigenvalue weighted by atomic mass is 15.1. The molecular formula is C64H47N. The summed E-state index contributed by atoms with van der Waals surface area (Å²) in [7, 11) is 0. The van der Waals surface area contributed by atoms with Crippen LogP contribution < -0.4 is 4.90 Å². The number of nitrogens with zero attached hydrogens (tertiary/aromatic N) is 1. The van der Waals surface area contributed by atoms with Crippen LogP contribution >= 0.6 is 0 Å². The van der Waals surface area contributed by atoms with E-state index in [1.807, 2.05) is 0 Å². The van der Waals surface area contributed by atoms with Crippen LogP contribution in [0.2, 0.25) is 0 Å². The van der Waals surface area contributed by atoms with E-state index in [0.717, 1.165) is 11.4 Å². The van der Waals surface area contributed by atoms with Crippen molar-refractivity contribution in [2.45, 2.75) is 24.7 Å². The first kappa shape index (κ1) is 38.7. The monoisotopic (exact) mass is 829 g/mol. The number of rotatable bonds is 8. The molecule has 1 heteroatoms. The lowest BCUT2D eigenvalue weighted by Crippen LogP contribution is -2.28. The van der Waals surface area contributed by atoms with Crippen molar-refractivity contribution in [3.05, 3.63) is 282 Å². The van der Waals surface area contributed by atoms with E-state index in [0.29, 0.717) is 0 Å². The summed E-state index contributed by atoms with van der Waals surface area (Å²) in [4.78, 5) is 2.59. The van der Waals surface area contributed by atoms with Crippen LogP contribution in [0.15, 0.2) is 249 Å². The van der Waals surface area contributed by atoms with Crippen LogP contribution in [0.3, 0.4) is 0 Å². The van der Waals surface area contributed by atoms with Gasteiger partial charge in [0.2, 0.25) is 0 Å². The molecule has 0 fully saturated rings. The third-order valence-electron chi connectivity index (χ3n) is 14.1. The maximum Gasteiger partial charge on any atom is 0.0713 e. The van der Waals surface area contributed by atoms with Crippen molar-refractivity contribution in [3.8, 4) is 55.6 Å². The summed E-state index contributed by atoms with van der Waals surface area (Å²) in [6.07, 6.45) is 0. The van der Waals surface area contributed by atoms with Gasteiger partial charge in [-0.2, -0.15) is 0 Å². The van der Waals surface area contributed by atoms with Crippen molar-refractivity contribution < 1.29 is 0 Å². The van der Waals surface area contributed by atoms with E-state index in [-0.39, 0.29) is 5.41 Å². The van der Waals surface area contributed by atoms with Crippen LogP contribution in [0.5, 0.6) is 0 Å². The molecule has 12 rings (SSSR count). The number of anilines is 3. The molecule has 0 bridgehead atoms. The van der Waals surface area contributed by atoms with Gasteiger partial charge in [-0.15, -0.1) is 0 Å². The number of hydrogen-bond acceptors (Lipinski definition) is 1. The SMILES string of the molecule is CC1(C)c2ccccc2-c2cccc(N(c3ccc4c(c3)-c3ccccc3C4(c3ccccc3)c3ccccc3)c3cccc(-c4ccccc4)c3-c3ccccc3-c3ccccc3)c21. The largest absolute Gasteiger partial charge is 0.309 e. The number of hydrogen-bond donors (Lipinski definition) is 0. The second-order valence-corrected chi connectivity index (χ2v) is 17.9. The molecule has 308 valence electrons. The molecule has 0 saturated heterocycles. The minimum Gasteiger partial charge on any atom is -0.309 e. The molecule has 0 unspecified atom stereocenters. The standard InChI is InChI=1S/C64H47N/c1-63(2)56-37-19-17-32-51(56)54-36-22-40-60(62(54)63)65(59-39-21-35-50(45-25-9-4-10-26-45)61(59)53-34-16-15-31-49(53)44-23-7-3-8-24-44)48-41-42-58-55(43-48)52-33-18-20-38-57(52)64(58,46-27-11-5-12-28-46)47-29-13-6-14-30-47/h3-43H,1-2H3. The molecule has 2 aliphatic rings. The summed E-state index contributed by atoms with van der Waals surface area (Å²) < 4.78 is 0. The first-order chi connectivity index (χ1) is 32.0. The van der Waals surface area contributed by atoms with E-state index in [1.165, 1.54) is 94.7 Å². The topological polar surface area (TPSA) is 3.24 Å². The molecule has 0 N–H and O–H groups in total. The Bertz CT molecular complexity index is 3350. The van der Waals surface area contributed by atoms with Gasteiger partial charge in [0, 0.05) is 16.7 Å². The van der Waals surface area contributed by atoms with Gasteiger partial charge in [0.1, 0.15) is 0 Å². The first-order valence-electron chi connectivity index (χ1n) is 22.8. The van der Waals surface area contributed by atoms with Crippen LogP contribution in [0.4, 0.5) is 17.1 Å². The highest BCUT2D eigenvalue weighted by Crippen LogP contribution is 2.60. The number of fused-ring (bicyclic) bond motifs is 6. The van der Waals surface area contributed by atoms with Gasteiger partial charge in [-0.1, -0.05) is 238 Å². The molecular weight excluding hydrogens is 783 g/mol. The Labute approximate surface area is 382 Å². The molecule has 0 spiro atoms. The molecule has 10 aromatic rings. The quantitative estimate of drug-likeness (QED) is 0.147. The average molecular weight is 830 g/mol. The predicted molar refractivity (Wildman–Crippen MR) is 272 cm³/mol. The van der Waals surface area contributed by atoms with Gasteiger partial charge in [-0.05, 0) is 108 Å². The third-order valence-corrected chi connectivity index (χ3v) is 14.1. The fourth-order valence-corrected chi connectivity index (χ4v) is 11.4. The van der Waals surface area contributed by atoms with Crippen molar-refractivity contribution in [1.29, 1.82) is 0 Å². The molecule has 2 aliphatic carbocycles. The Hall–Kier alpha value is -8.00. The van der Waals surface area contributed by atoms with E-state index in [1.54, 1.807) is 0 Å². The summed E-state index contributed by atoms with van der Waals surface area (Å²) in [6.45, 7) is 4.80. The predicted octanol–water partition coefficient (Wildman–Crippen LogP) is 16.8. The zero-order valence-corrected chi connectivity index (χ0v) is 36.6. The Morgan fingerprint density at radius 1 is 0.308 bits per heavy atom. The van der Waals surface area contributed by atoms with E-state index < -0.39 is 5.41 Å². The molecule has 10 aromatic carbocycles. The molecule has 0 aliphatic heterocycles. The molecule has 0 saturated carbocycles. The Morgan fingerprint density at radius 3 is 1.38 bits per heavy atom. The second kappa shape index (κ2) is 15.4. The first-order valence-corrected chi connectivity index (χ1v) is 22.8. The maximum absolute atomic E-state index is 2.59. The third kappa shape index (κ3) is 5.93. The lowest BCUT2D eigenvalue weighted by molar-refractivity contribution is 0.661. The van der Waals surface area contributed by atoms with Gasteiger partial charge in [-0.25, -0.2) is 0 Å². The normalized spacial score (nSPS) is 13.6. The maximum atomic E-state index is 2.59. The van der Waals surface area contributed by atoms with E-state index in [2.05, 4.69) is 267 Å². The van der Waals surface area contributed by atoms with Crippen LogP contribution in [-0.2, 0) is 10.8 Å².